The van der Waals surface area contributed by atoms with Crippen LogP contribution >= 0.6 is 0 Å². The fraction of sp³-hybridized carbons (Fsp3) is 0.387. The molecule has 5 heteroatoms. The second-order valence-corrected chi connectivity index (χ2v) is 10.1. The molecular formula is C31H39N3O2. The molecule has 1 aliphatic carbocycles. The monoisotopic (exact) mass is 485 g/mol. The maximum atomic E-state index is 13.6. The third-order valence-corrected chi connectivity index (χ3v) is 7.41. The second-order valence-electron chi connectivity index (χ2n) is 10.1. The summed E-state index contributed by atoms with van der Waals surface area (Å²) < 4.78 is 0. The number of aliphatic hydroxyl groups is 1. The van der Waals surface area contributed by atoms with E-state index in [1.807, 2.05) is 66.4 Å². The fourth-order valence-corrected chi connectivity index (χ4v) is 5.64. The lowest BCUT2D eigenvalue weighted by atomic mass is 9.88. The lowest BCUT2D eigenvalue weighted by molar-refractivity contribution is 0.0413. The molecule has 0 bridgehead atoms. The summed E-state index contributed by atoms with van der Waals surface area (Å²) in [7, 11) is 0. The lowest BCUT2D eigenvalue weighted by Crippen LogP contribution is -2.56. The van der Waals surface area contributed by atoms with Gasteiger partial charge in [0.15, 0.2) is 0 Å². The van der Waals surface area contributed by atoms with Gasteiger partial charge in [-0.15, -0.1) is 0 Å². The number of aliphatic hydroxyl groups excluding tert-OH is 1. The standard InChI is InChI=1S/C31H39N3O2/c1-6-32(28-15-8-7-9-16-28)31(36)27-14-10-12-25(18-27)30(26-13-11-17-29(35)19-26)34-21-23(4)33(22(2)3)20-24(34)5/h7-10,12,14-19,23-24,30,35H,2,6,11,13,20-21H2,1,3-5H3/t23-,24+,30?/m0/s1. The number of allylic oxidation sites excluding steroid dienone is 3. The molecule has 1 heterocycles. The Labute approximate surface area is 216 Å². The quantitative estimate of drug-likeness (QED) is 0.487. The van der Waals surface area contributed by atoms with E-state index in [1.54, 1.807) is 0 Å². The van der Waals surface area contributed by atoms with E-state index in [1.165, 1.54) is 5.57 Å². The molecule has 1 fully saturated rings. The topological polar surface area (TPSA) is 47.0 Å². The maximum absolute atomic E-state index is 13.6. The van der Waals surface area contributed by atoms with Crippen molar-refractivity contribution in [3.8, 4) is 0 Å². The molecule has 0 aromatic heterocycles. The van der Waals surface area contributed by atoms with Crippen LogP contribution < -0.4 is 4.90 Å². The summed E-state index contributed by atoms with van der Waals surface area (Å²) in [5.41, 5.74) is 4.96. The minimum atomic E-state index is -0.00915. The number of piperazine rings is 1. The molecule has 3 atom stereocenters. The van der Waals surface area contributed by atoms with Gasteiger partial charge in [0, 0.05) is 48.7 Å². The van der Waals surface area contributed by atoms with Crippen molar-refractivity contribution in [1.82, 2.24) is 9.80 Å². The number of hydrogen-bond donors (Lipinski definition) is 1. The largest absolute Gasteiger partial charge is 0.508 e. The van der Waals surface area contributed by atoms with E-state index >= 15 is 0 Å². The van der Waals surface area contributed by atoms with Crippen molar-refractivity contribution in [3.05, 3.63) is 101 Å². The van der Waals surface area contributed by atoms with Crippen LogP contribution in [-0.2, 0) is 0 Å². The van der Waals surface area contributed by atoms with Gasteiger partial charge in [0.05, 0.1) is 6.04 Å². The van der Waals surface area contributed by atoms with Crippen LogP contribution in [0.4, 0.5) is 5.69 Å². The summed E-state index contributed by atoms with van der Waals surface area (Å²) in [5.74, 6) is 0.328. The van der Waals surface area contributed by atoms with E-state index in [9.17, 15) is 9.90 Å². The van der Waals surface area contributed by atoms with Crippen LogP contribution in [-0.4, -0.2) is 52.5 Å². The zero-order chi connectivity index (χ0) is 25.8. The van der Waals surface area contributed by atoms with Gasteiger partial charge in [-0.2, -0.15) is 0 Å². The van der Waals surface area contributed by atoms with Crippen LogP contribution in [0, 0.1) is 0 Å². The highest BCUT2D eigenvalue weighted by Crippen LogP contribution is 2.38. The number of amides is 1. The van der Waals surface area contributed by atoms with E-state index in [0.29, 0.717) is 23.9 Å². The van der Waals surface area contributed by atoms with Gasteiger partial charge in [0.2, 0.25) is 0 Å². The van der Waals surface area contributed by atoms with Gasteiger partial charge in [-0.1, -0.05) is 36.9 Å². The molecule has 1 N–H and O–H groups in total. The molecule has 1 saturated heterocycles. The van der Waals surface area contributed by atoms with Crippen molar-refractivity contribution < 1.29 is 9.90 Å². The van der Waals surface area contributed by atoms with Crippen molar-refractivity contribution in [3.63, 3.8) is 0 Å². The molecule has 1 amide bonds. The number of nitrogens with zero attached hydrogens (tertiary/aromatic N) is 3. The van der Waals surface area contributed by atoms with Crippen LogP contribution in [0.3, 0.4) is 0 Å². The van der Waals surface area contributed by atoms with Crippen LogP contribution in [0.5, 0.6) is 0 Å². The Bertz CT molecular complexity index is 1150. The Morgan fingerprint density at radius 2 is 1.86 bits per heavy atom. The van der Waals surface area contributed by atoms with E-state index < -0.39 is 0 Å². The second kappa shape index (κ2) is 11.2. The third kappa shape index (κ3) is 5.41. The van der Waals surface area contributed by atoms with Crippen molar-refractivity contribution in [2.24, 2.45) is 0 Å². The summed E-state index contributed by atoms with van der Waals surface area (Å²) >= 11 is 0. The van der Waals surface area contributed by atoms with Crippen molar-refractivity contribution in [1.29, 1.82) is 0 Å². The van der Waals surface area contributed by atoms with E-state index in [2.05, 4.69) is 49.3 Å². The number of benzene rings is 2. The van der Waals surface area contributed by atoms with Gasteiger partial charge in [0.1, 0.15) is 5.76 Å². The van der Waals surface area contributed by atoms with E-state index in [0.717, 1.165) is 42.9 Å². The Kier molecular flexibility index (Phi) is 8.00. The lowest BCUT2D eigenvalue weighted by Gasteiger charge is -2.49. The minimum Gasteiger partial charge on any atom is -0.508 e. The summed E-state index contributed by atoms with van der Waals surface area (Å²) in [5, 5.41) is 10.4. The first kappa shape index (κ1) is 25.8. The number of carbonyl (C=O) groups is 1. The van der Waals surface area contributed by atoms with Gasteiger partial charge in [-0.3, -0.25) is 9.69 Å². The van der Waals surface area contributed by atoms with E-state index in [4.69, 9.17) is 0 Å². The highest BCUT2D eigenvalue weighted by Gasteiger charge is 2.36. The van der Waals surface area contributed by atoms with Crippen LogP contribution in [0.1, 0.15) is 62.5 Å². The number of para-hydroxylation sites is 1. The average Bonchev–Trinajstić information content (AvgIpc) is 2.87. The van der Waals surface area contributed by atoms with Crippen molar-refractivity contribution in [2.75, 3.05) is 24.5 Å². The summed E-state index contributed by atoms with van der Waals surface area (Å²) in [6.07, 6.45) is 5.51. The predicted octanol–water partition coefficient (Wildman–Crippen LogP) is 6.48. The summed E-state index contributed by atoms with van der Waals surface area (Å²) in [6.45, 7) is 15.1. The van der Waals surface area contributed by atoms with Gasteiger partial charge in [-0.25, -0.2) is 0 Å². The number of hydrogen-bond acceptors (Lipinski definition) is 4. The molecule has 0 radical (unpaired) electrons. The highest BCUT2D eigenvalue weighted by molar-refractivity contribution is 6.06. The first-order valence-corrected chi connectivity index (χ1v) is 13.0. The molecule has 0 spiro atoms. The fourth-order valence-electron chi connectivity index (χ4n) is 5.64. The average molecular weight is 486 g/mol. The molecule has 2 aromatic rings. The third-order valence-electron chi connectivity index (χ3n) is 7.41. The van der Waals surface area contributed by atoms with E-state index in [-0.39, 0.29) is 18.0 Å². The van der Waals surface area contributed by atoms with Crippen LogP contribution in [0.25, 0.3) is 0 Å². The number of anilines is 1. The molecule has 2 aliphatic rings. The smallest absolute Gasteiger partial charge is 0.258 e. The predicted molar refractivity (Wildman–Crippen MR) is 148 cm³/mol. The van der Waals surface area contributed by atoms with Gasteiger partial charge in [0.25, 0.3) is 5.91 Å². The molecule has 2 aromatic carbocycles. The number of rotatable bonds is 7. The molecule has 4 rings (SSSR count). The summed E-state index contributed by atoms with van der Waals surface area (Å²) in [6, 6.07) is 18.5. The van der Waals surface area contributed by atoms with Gasteiger partial charge >= 0.3 is 0 Å². The Balaban J connectivity index is 1.72. The molecule has 36 heavy (non-hydrogen) atoms. The van der Waals surface area contributed by atoms with Crippen molar-refractivity contribution in [2.45, 2.75) is 58.7 Å². The zero-order valence-corrected chi connectivity index (χ0v) is 22.0. The van der Waals surface area contributed by atoms with Gasteiger partial charge < -0.3 is 14.9 Å². The van der Waals surface area contributed by atoms with Gasteiger partial charge in [-0.05, 0) is 88.1 Å². The SMILES string of the molecule is C=C(C)N1C[C@@H](C)N(C(C2=CC(O)=CCC2)c2cccc(C(=O)N(CC)c3ccccc3)c2)C[C@@H]1C. The maximum Gasteiger partial charge on any atom is 0.258 e. The first-order valence-electron chi connectivity index (χ1n) is 13.0. The van der Waals surface area contributed by atoms with Crippen molar-refractivity contribution >= 4 is 11.6 Å². The molecule has 190 valence electrons. The Morgan fingerprint density at radius 1 is 1.11 bits per heavy atom. The molecular weight excluding hydrogens is 446 g/mol. The first-order chi connectivity index (χ1) is 17.3. The highest BCUT2D eigenvalue weighted by atomic mass is 16.3. The normalized spacial score (nSPS) is 21.4. The van der Waals surface area contributed by atoms with Crippen LogP contribution in [0.15, 0.2) is 90.4 Å². The molecule has 1 aliphatic heterocycles. The zero-order valence-electron chi connectivity index (χ0n) is 22.0. The van der Waals surface area contributed by atoms with Crippen LogP contribution in [0.2, 0.25) is 0 Å². The Morgan fingerprint density at radius 3 is 2.53 bits per heavy atom. The summed E-state index contributed by atoms with van der Waals surface area (Å²) in [4.78, 5) is 20.4. The molecule has 5 nitrogen and oxygen atoms in total. The Hall–Kier alpha value is -3.31. The number of carbonyl (C=O) groups excluding carboxylic acids is 1. The molecule has 1 unspecified atom stereocenters. The molecule has 0 saturated carbocycles. The minimum absolute atomic E-state index is 0.00168.